The Kier molecular flexibility index (Phi) is 4.87. The van der Waals surface area contributed by atoms with E-state index in [-0.39, 0.29) is 5.91 Å². The highest BCUT2D eigenvalue weighted by atomic mass is 16.1. The summed E-state index contributed by atoms with van der Waals surface area (Å²) in [6, 6.07) is 20.4. The predicted molar refractivity (Wildman–Crippen MR) is 126 cm³/mol. The van der Waals surface area contributed by atoms with Gasteiger partial charge in [0.2, 0.25) is 0 Å². The van der Waals surface area contributed by atoms with Crippen LogP contribution in [0.1, 0.15) is 39.4 Å². The number of rotatable bonds is 6. The molecule has 5 aromatic rings. The Labute approximate surface area is 191 Å². The molecule has 0 fully saturated rings. The number of pyridine rings is 1. The van der Waals surface area contributed by atoms with Crippen LogP contribution in [-0.4, -0.2) is 36.8 Å². The van der Waals surface area contributed by atoms with Crippen molar-refractivity contribution in [3.8, 4) is 0 Å². The molecule has 3 heterocycles. The van der Waals surface area contributed by atoms with E-state index in [0.717, 1.165) is 28.8 Å². The number of aryl methyl sites for hydroxylation is 2. The lowest BCUT2D eigenvalue weighted by atomic mass is 10.1. The van der Waals surface area contributed by atoms with E-state index in [0.29, 0.717) is 25.2 Å². The Balaban J connectivity index is 1.21. The minimum atomic E-state index is -0.173. The lowest BCUT2D eigenvalue weighted by Gasteiger charge is -2.07. The van der Waals surface area contributed by atoms with Gasteiger partial charge in [-0.2, -0.15) is 5.10 Å². The van der Waals surface area contributed by atoms with Crippen molar-refractivity contribution in [1.29, 1.82) is 0 Å². The molecule has 0 atom stereocenters. The zero-order valence-corrected chi connectivity index (χ0v) is 18.2. The van der Waals surface area contributed by atoms with Gasteiger partial charge in [-0.15, -0.1) is 10.2 Å². The number of benzene rings is 2. The van der Waals surface area contributed by atoms with E-state index < -0.39 is 0 Å². The lowest BCUT2D eigenvalue weighted by Crippen LogP contribution is -2.27. The van der Waals surface area contributed by atoms with Crippen molar-refractivity contribution >= 4 is 22.5 Å². The highest BCUT2D eigenvalue weighted by molar-refractivity contribution is 6.04. The van der Waals surface area contributed by atoms with Gasteiger partial charge in [-0.3, -0.25) is 13.9 Å². The number of fused-ring (bicyclic) bond motifs is 3. The highest BCUT2D eigenvalue weighted by Gasteiger charge is 2.18. The van der Waals surface area contributed by atoms with Gasteiger partial charge in [0.05, 0.1) is 12.1 Å². The smallest absolute Gasteiger partial charge is 0.272 e. The molecule has 0 saturated heterocycles. The van der Waals surface area contributed by atoms with E-state index in [1.807, 2.05) is 57.7 Å². The van der Waals surface area contributed by atoms with Gasteiger partial charge in [-0.25, -0.2) is 0 Å². The van der Waals surface area contributed by atoms with E-state index in [1.54, 1.807) is 0 Å². The summed E-state index contributed by atoms with van der Waals surface area (Å²) in [4.78, 5) is 13.0. The Morgan fingerprint density at radius 3 is 2.82 bits per heavy atom. The van der Waals surface area contributed by atoms with Crippen LogP contribution in [0.15, 0.2) is 66.9 Å². The van der Waals surface area contributed by atoms with Crippen molar-refractivity contribution in [2.45, 2.75) is 32.2 Å². The van der Waals surface area contributed by atoms with Crippen LogP contribution in [-0.2, 0) is 25.8 Å². The van der Waals surface area contributed by atoms with Gasteiger partial charge in [0, 0.05) is 24.5 Å². The first-order valence-electron chi connectivity index (χ1n) is 11.4. The van der Waals surface area contributed by atoms with E-state index in [2.05, 4.69) is 33.7 Å². The molecule has 7 nitrogen and oxygen atoms in total. The molecule has 0 bridgehead atoms. The van der Waals surface area contributed by atoms with E-state index in [1.165, 1.54) is 29.5 Å². The molecule has 0 aliphatic heterocycles. The van der Waals surface area contributed by atoms with Gasteiger partial charge in [-0.05, 0) is 54.2 Å². The third-order valence-corrected chi connectivity index (χ3v) is 6.39. The summed E-state index contributed by atoms with van der Waals surface area (Å²) in [6.45, 7) is 1.10. The van der Waals surface area contributed by atoms with Crippen molar-refractivity contribution < 1.29 is 4.79 Å². The second-order valence-corrected chi connectivity index (χ2v) is 8.53. The minimum Gasteiger partial charge on any atom is -0.350 e. The molecular formula is C26H24N6O. The third kappa shape index (κ3) is 3.65. The number of nitrogens with zero attached hydrogens (tertiary/aromatic N) is 5. The van der Waals surface area contributed by atoms with Crippen LogP contribution in [0.4, 0.5) is 0 Å². The lowest BCUT2D eigenvalue weighted by molar-refractivity contribution is 0.0949. The third-order valence-electron chi connectivity index (χ3n) is 6.39. The van der Waals surface area contributed by atoms with E-state index in [9.17, 15) is 4.79 Å². The standard InChI is InChI=1S/C26H24N6O/c33-26(27-14-13-24-29-28-23-10-3-4-15-31(23)24)25-21-8-1-2-9-22(21)32(30-25)17-18-11-12-19-6-5-7-20(19)16-18/h1-4,8-12,15-16H,5-7,13-14,17H2,(H,27,33). The summed E-state index contributed by atoms with van der Waals surface area (Å²) in [6.07, 6.45) is 6.08. The number of amides is 1. The summed E-state index contributed by atoms with van der Waals surface area (Å²) in [5.41, 5.74) is 6.35. The quantitative estimate of drug-likeness (QED) is 0.441. The predicted octanol–water partition coefficient (Wildman–Crippen LogP) is 3.59. The van der Waals surface area contributed by atoms with Crippen molar-refractivity contribution in [2.24, 2.45) is 0 Å². The average molecular weight is 437 g/mol. The molecule has 0 spiro atoms. The number of carbonyl (C=O) groups excluding carboxylic acids is 1. The van der Waals surface area contributed by atoms with Crippen molar-refractivity contribution in [1.82, 2.24) is 29.7 Å². The number of carbonyl (C=O) groups is 1. The Morgan fingerprint density at radius 2 is 1.85 bits per heavy atom. The van der Waals surface area contributed by atoms with E-state index >= 15 is 0 Å². The first-order valence-corrected chi connectivity index (χ1v) is 11.4. The largest absolute Gasteiger partial charge is 0.350 e. The van der Waals surface area contributed by atoms with Gasteiger partial charge >= 0.3 is 0 Å². The number of nitrogens with one attached hydrogen (secondary N) is 1. The van der Waals surface area contributed by atoms with Crippen LogP contribution in [0, 0.1) is 0 Å². The molecule has 33 heavy (non-hydrogen) atoms. The molecule has 1 aliphatic rings. The molecule has 1 amide bonds. The van der Waals surface area contributed by atoms with Crippen LogP contribution in [0.25, 0.3) is 16.6 Å². The molecule has 6 rings (SSSR count). The SMILES string of the molecule is O=C(NCCc1nnc2ccccn12)c1nn(Cc2ccc3c(c2)CCC3)c2ccccc12. The van der Waals surface area contributed by atoms with Gasteiger partial charge in [0.25, 0.3) is 5.91 Å². The molecule has 164 valence electrons. The number of hydrogen-bond acceptors (Lipinski definition) is 4. The summed E-state index contributed by atoms with van der Waals surface area (Å²) < 4.78 is 3.87. The molecule has 3 aromatic heterocycles. The first kappa shape index (κ1) is 19.7. The van der Waals surface area contributed by atoms with Crippen LogP contribution < -0.4 is 5.32 Å². The Bertz CT molecular complexity index is 1480. The second-order valence-electron chi connectivity index (χ2n) is 8.53. The number of hydrogen-bond donors (Lipinski definition) is 1. The van der Waals surface area contributed by atoms with Crippen LogP contribution in [0.3, 0.4) is 0 Å². The zero-order valence-electron chi connectivity index (χ0n) is 18.2. The molecule has 1 N–H and O–H groups in total. The molecule has 1 aliphatic carbocycles. The molecule has 0 radical (unpaired) electrons. The van der Waals surface area contributed by atoms with Crippen molar-refractivity contribution in [3.05, 3.63) is 95.1 Å². The summed E-state index contributed by atoms with van der Waals surface area (Å²) >= 11 is 0. The molecule has 2 aromatic carbocycles. The Morgan fingerprint density at radius 1 is 0.970 bits per heavy atom. The normalized spacial score (nSPS) is 13.0. The summed E-state index contributed by atoms with van der Waals surface area (Å²) in [5, 5.41) is 17.0. The van der Waals surface area contributed by atoms with Gasteiger partial charge in [0.15, 0.2) is 11.3 Å². The average Bonchev–Trinajstić information content (AvgIpc) is 3.57. The maximum atomic E-state index is 13.0. The molecule has 7 heteroatoms. The zero-order chi connectivity index (χ0) is 22.2. The van der Waals surface area contributed by atoms with Gasteiger partial charge in [0.1, 0.15) is 5.82 Å². The fourth-order valence-electron chi connectivity index (χ4n) is 4.75. The Hall–Kier alpha value is -4.00. The van der Waals surface area contributed by atoms with Crippen molar-refractivity contribution in [3.63, 3.8) is 0 Å². The topological polar surface area (TPSA) is 77.1 Å². The fraction of sp³-hybridized carbons (Fsp3) is 0.231. The first-order chi connectivity index (χ1) is 16.3. The minimum absolute atomic E-state index is 0.173. The molecule has 0 unspecified atom stereocenters. The molecular weight excluding hydrogens is 412 g/mol. The van der Waals surface area contributed by atoms with Crippen LogP contribution in [0.2, 0.25) is 0 Å². The summed E-state index contributed by atoms with van der Waals surface area (Å²) in [5.74, 6) is 0.644. The summed E-state index contributed by atoms with van der Waals surface area (Å²) in [7, 11) is 0. The van der Waals surface area contributed by atoms with E-state index in [4.69, 9.17) is 5.10 Å². The maximum Gasteiger partial charge on any atom is 0.272 e. The van der Waals surface area contributed by atoms with Crippen LogP contribution >= 0.6 is 0 Å². The van der Waals surface area contributed by atoms with Crippen LogP contribution in [0.5, 0.6) is 0 Å². The second kappa shape index (κ2) is 8.16. The number of para-hydroxylation sites is 1. The highest BCUT2D eigenvalue weighted by Crippen LogP contribution is 2.24. The molecule has 0 saturated carbocycles. The van der Waals surface area contributed by atoms with Gasteiger partial charge in [-0.1, -0.05) is 42.5 Å². The number of aromatic nitrogens is 5. The van der Waals surface area contributed by atoms with Gasteiger partial charge < -0.3 is 5.32 Å². The maximum absolute atomic E-state index is 13.0. The van der Waals surface area contributed by atoms with Crippen molar-refractivity contribution in [2.75, 3.05) is 6.54 Å². The fourth-order valence-corrected chi connectivity index (χ4v) is 4.75. The monoisotopic (exact) mass is 436 g/mol.